The number of amides is 2. The van der Waals surface area contributed by atoms with Gasteiger partial charge in [-0.25, -0.2) is 4.79 Å². The molecule has 13 heavy (non-hydrogen) atoms. The summed E-state index contributed by atoms with van der Waals surface area (Å²) in [4.78, 5) is 10.3. The topological polar surface area (TPSA) is 73.6 Å². The van der Waals surface area contributed by atoms with Gasteiger partial charge in [-0.1, -0.05) is 0 Å². The number of urea groups is 1. The van der Waals surface area contributed by atoms with Gasteiger partial charge in [-0.05, 0) is 19.0 Å². The Morgan fingerprint density at radius 2 is 2.00 bits per heavy atom. The van der Waals surface area contributed by atoms with Crippen LogP contribution in [0.1, 0.15) is 6.42 Å². The molecule has 0 aliphatic carbocycles. The van der Waals surface area contributed by atoms with Crippen LogP contribution in [0.4, 0.5) is 4.79 Å². The van der Waals surface area contributed by atoms with Crippen molar-refractivity contribution in [1.82, 2.24) is 5.32 Å². The second-order valence-corrected chi connectivity index (χ2v) is 6.52. The van der Waals surface area contributed by atoms with Crippen molar-refractivity contribution < 1.29 is 13.6 Å². The number of rotatable bonds is 6. The minimum Gasteiger partial charge on any atom is -0.398 e. The molecule has 6 heteroatoms. The van der Waals surface area contributed by atoms with Crippen LogP contribution in [0.2, 0.25) is 12.6 Å². The van der Waals surface area contributed by atoms with Crippen LogP contribution in [0.5, 0.6) is 0 Å². The van der Waals surface area contributed by atoms with Crippen molar-refractivity contribution in [2.24, 2.45) is 5.73 Å². The van der Waals surface area contributed by atoms with Gasteiger partial charge in [0, 0.05) is 20.8 Å². The molecule has 0 fully saturated rings. The van der Waals surface area contributed by atoms with Crippen LogP contribution in [0, 0.1) is 0 Å². The molecule has 0 spiro atoms. The molecule has 0 bridgehead atoms. The molecule has 0 unspecified atom stereocenters. The first-order valence-electron chi connectivity index (χ1n) is 4.17. The number of primary amides is 1. The quantitative estimate of drug-likeness (QED) is 0.488. The van der Waals surface area contributed by atoms with Gasteiger partial charge in [0.05, 0.1) is 0 Å². The van der Waals surface area contributed by atoms with Gasteiger partial charge in [0.2, 0.25) is 0 Å². The van der Waals surface area contributed by atoms with Gasteiger partial charge in [-0.3, -0.25) is 0 Å². The molecule has 0 saturated carbocycles. The summed E-state index contributed by atoms with van der Waals surface area (Å²) >= 11 is 0. The van der Waals surface area contributed by atoms with Crippen molar-refractivity contribution in [3.05, 3.63) is 0 Å². The normalized spacial score (nSPS) is 11.3. The Hall–Kier alpha value is -0.593. The standard InChI is InChI=1S/C7H18N2O3Si/c1-11-13(3,12-2)6-4-5-9-7(8)10/h4-6H2,1-3H3,(H3,8,9,10). The average molecular weight is 206 g/mol. The van der Waals surface area contributed by atoms with Gasteiger partial charge in [-0.2, -0.15) is 0 Å². The van der Waals surface area contributed by atoms with Crippen LogP contribution in [0.25, 0.3) is 0 Å². The van der Waals surface area contributed by atoms with E-state index in [4.69, 9.17) is 14.6 Å². The van der Waals surface area contributed by atoms with Crippen molar-refractivity contribution in [3.8, 4) is 0 Å². The Morgan fingerprint density at radius 3 is 2.38 bits per heavy atom. The molecule has 0 heterocycles. The zero-order chi connectivity index (χ0) is 10.3. The molecular weight excluding hydrogens is 188 g/mol. The summed E-state index contributed by atoms with van der Waals surface area (Å²) in [6.07, 6.45) is 0.827. The molecule has 0 rings (SSSR count). The highest BCUT2D eigenvalue weighted by molar-refractivity contribution is 6.65. The van der Waals surface area contributed by atoms with E-state index in [0.717, 1.165) is 12.5 Å². The minimum absolute atomic E-state index is 0.488. The highest BCUT2D eigenvalue weighted by Crippen LogP contribution is 2.12. The molecule has 0 aromatic rings. The minimum atomic E-state index is -1.96. The van der Waals surface area contributed by atoms with E-state index in [0.29, 0.717) is 6.54 Å². The summed E-state index contributed by atoms with van der Waals surface area (Å²) in [6, 6.07) is 0.360. The molecule has 0 radical (unpaired) electrons. The average Bonchev–Trinajstić information content (AvgIpc) is 2.12. The molecule has 0 aromatic heterocycles. The fraction of sp³-hybridized carbons (Fsp3) is 0.857. The lowest BCUT2D eigenvalue weighted by molar-refractivity contribution is 0.244. The van der Waals surface area contributed by atoms with Crippen LogP contribution in [0.3, 0.4) is 0 Å². The molecule has 0 saturated heterocycles. The number of carbonyl (C=O) groups is 1. The van der Waals surface area contributed by atoms with Gasteiger partial charge in [-0.15, -0.1) is 0 Å². The van der Waals surface area contributed by atoms with Crippen molar-refractivity contribution in [2.45, 2.75) is 19.0 Å². The molecule has 3 N–H and O–H groups in total. The Bertz CT molecular complexity index is 162. The molecule has 0 aliphatic rings. The monoisotopic (exact) mass is 206 g/mol. The smallest absolute Gasteiger partial charge is 0.334 e. The van der Waals surface area contributed by atoms with Gasteiger partial charge in [0.1, 0.15) is 0 Å². The molecule has 2 amide bonds. The lowest BCUT2D eigenvalue weighted by atomic mass is 10.5. The SMILES string of the molecule is CO[Si](C)(CCCNC(N)=O)OC. The highest BCUT2D eigenvalue weighted by Gasteiger charge is 2.27. The predicted octanol–water partition coefficient (Wildman–Crippen LogP) is 0.410. The van der Waals surface area contributed by atoms with E-state index < -0.39 is 14.6 Å². The van der Waals surface area contributed by atoms with E-state index in [1.54, 1.807) is 14.2 Å². The van der Waals surface area contributed by atoms with Gasteiger partial charge >= 0.3 is 14.6 Å². The van der Waals surface area contributed by atoms with Gasteiger partial charge in [0.25, 0.3) is 0 Å². The summed E-state index contributed by atoms with van der Waals surface area (Å²) in [5.74, 6) is 0. The third kappa shape index (κ3) is 5.62. The molecular formula is C7H18N2O3Si. The number of nitrogens with two attached hydrogens (primary N) is 1. The Balaban J connectivity index is 3.55. The maximum absolute atomic E-state index is 10.3. The van der Waals surface area contributed by atoms with Gasteiger partial charge in [0.15, 0.2) is 0 Å². The van der Waals surface area contributed by atoms with Crippen molar-refractivity contribution >= 4 is 14.6 Å². The molecule has 0 aliphatic heterocycles. The van der Waals surface area contributed by atoms with Crippen LogP contribution in [-0.4, -0.2) is 35.4 Å². The van der Waals surface area contributed by atoms with Crippen LogP contribution in [-0.2, 0) is 8.85 Å². The first kappa shape index (κ1) is 12.4. The maximum atomic E-state index is 10.3. The number of hydrogen-bond donors (Lipinski definition) is 2. The molecule has 0 aromatic carbocycles. The van der Waals surface area contributed by atoms with E-state index in [1.807, 2.05) is 6.55 Å². The number of nitrogens with one attached hydrogen (secondary N) is 1. The summed E-state index contributed by atoms with van der Waals surface area (Å²) in [5.41, 5.74) is 4.91. The second kappa shape index (κ2) is 5.95. The lowest BCUT2D eigenvalue weighted by Crippen LogP contribution is -2.37. The lowest BCUT2D eigenvalue weighted by Gasteiger charge is -2.22. The predicted molar refractivity (Wildman–Crippen MR) is 52.6 cm³/mol. The van der Waals surface area contributed by atoms with E-state index in [2.05, 4.69) is 5.32 Å². The van der Waals surface area contributed by atoms with Crippen molar-refractivity contribution in [3.63, 3.8) is 0 Å². The fourth-order valence-corrected chi connectivity index (χ4v) is 2.30. The van der Waals surface area contributed by atoms with Crippen LogP contribution < -0.4 is 11.1 Å². The maximum Gasteiger partial charge on any atom is 0.334 e. The summed E-state index contributed by atoms with van der Waals surface area (Å²) in [6.45, 7) is 2.56. The Labute approximate surface area is 79.8 Å². The zero-order valence-corrected chi connectivity index (χ0v) is 9.42. The fourth-order valence-electron chi connectivity index (χ4n) is 0.909. The van der Waals surface area contributed by atoms with Crippen molar-refractivity contribution in [2.75, 3.05) is 20.8 Å². The number of carbonyl (C=O) groups excluding carboxylic acids is 1. The van der Waals surface area contributed by atoms with Crippen LogP contribution in [0.15, 0.2) is 0 Å². The second-order valence-electron chi connectivity index (χ2n) is 2.94. The first-order chi connectivity index (χ1) is 6.04. The first-order valence-corrected chi connectivity index (χ1v) is 6.70. The van der Waals surface area contributed by atoms with Crippen molar-refractivity contribution in [1.29, 1.82) is 0 Å². The third-order valence-electron chi connectivity index (χ3n) is 1.97. The summed E-state index contributed by atoms with van der Waals surface area (Å²) in [7, 11) is 1.34. The largest absolute Gasteiger partial charge is 0.398 e. The Morgan fingerprint density at radius 1 is 1.46 bits per heavy atom. The van der Waals surface area contributed by atoms with E-state index >= 15 is 0 Å². The number of hydrogen-bond acceptors (Lipinski definition) is 3. The van der Waals surface area contributed by atoms with E-state index in [1.165, 1.54) is 0 Å². The molecule has 5 nitrogen and oxygen atoms in total. The highest BCUT2D eigenvalue weighted by atomic mass is 28.4. The third-order valence-corrected chi connectivity index (χ3v) is 4.96. The summed E-state index contributed by atoms with van der Waals surface area (Å²) < 4.78 is 10.5. The van der Waals surface area contributed by atoms with E-state index in [-0.39, 0.29) is 0 Å². The van der Waals surface area contributed by atoms with Gasteiger partial charge < -0.3 is 19.9 Å². The van der Waals surface area contributed by atoms with Crippen LogP contribution >= 0.6 is 0 Å². The zero-order valence-electron chi connectivity index (χ0n) is 8.42. The van der Waals surface area contributed by atoms with E-state index in [9.17, 15) is 4.79 Å². The molecule has 78 valence electrons. The molecule has 0 atom stereocenters. The summed E-state index contributed by atoms with van der Waals surface area (Å²) in [5, 5.41) is 2.52. The Kier molecular flexibility index (Phi) is 5.68.